The highest BCUT2D eigenvalue weighted by atomic mass is 32.2. The molecule has 41 heavy (non-hydrogen) atoms. The molecule has 1 saturated carbocycles. The lowest BCUT2D eigenvalue weighted by Crippen LogP contribution is -2.54. The number of halogens is 1. The summed E-state index contributed by atoms with van der Waals surface area (Å²) >= 11 is 0. The number of nitrogens with one attached hydrogen (secondary N) is 1. The summed E-state index contributed by atoms with van der Waals surface area (Å²) in [5, 5.41) is 3.15. The molecule has 3 aromatic carbocycles. The van der Waals surface area contributed by atoms with Gasteiger partial charge in [-0.3, -0.25) is 13.9 Å². The molecule has 0 aliphatic heterocycles. The third-order valence-corrected chi connectivity index (χ3v) is 9.45. The van der Waals surface area contributed by atoms with Gasteiger partial charge in [-0.1, -0.05) is 68.7 Å². The van der Waals surface area contributed by atoms with E-state index in [4.69, 9.17) is 0 Å². The Kier molecular flexibility index (Phi) is 10.2. The first-order chi connectivity index (χ1) is 19.7. The standard InChI is InChI=1S/C32H38FN3O4S/c1-3-30(32(38)34-27-14-6-4-7-15-27)35(22-25-13-11-10-12-24(25)2)31(37)23-36(28-16-8-5-9-17-28)41(39,40)29-20-18-26(33)19-21-29/h5,8-13,16-21,27,30H,3-4,6-7,14-15,22-23H2,1-2H3,(H,34,38)/t30-/m1/s1. The number of hydrogen-bond acceptors (Lipinski definition) is 4. The van der Waals surface area contributed by atoms with Crippen molar-refractivity contribution >= 4 is 27.5 Å². The molecular weight excluding hydrogens is 541 g/mol. The number of hydrogen-bond donors (Lipinski definition) is 1. The molecule has 0 radical (unpaired) electrons. The zero-order valence-electron chi connectivity index (χ0n) is 23.6. The van der Waals surface area contributed by atoms with E-state index in [2.05, 4.69) is 5.32 Å². The van der Waals surface area contributed by atoms with E-state index in [0.29, 0.717) is 12.1 Å². The van der Waals surface area contributed by atoms with Gasteiger partial charge in [0.25, 0.3) is 10.0 Å². The number of amides is 2. The van der Waals surface area contributed by atoms with Gasteiger partial charge in [-0.15, -0.1) is 0 Å². The molecule has 0 spiro atoms. The largest absolute Gasteiger partial charge is 0.352 e. The Hall–Kier alpha value is -3.72. The van der Waals surface area contributed by atoms with Gasteiger partial charge in [-0.05, 0) is 73.7 Å². The lowest BCUT2D eigenvalue weighted by atomic mass is 9.95. The second kappa shape index (κ2) is 13.8. The number of sulfonamides is 1. The minimum atomic E-state index is -4.24. The lowest BCUT2D eigenvalue weighted by Gasteiger charge is -2.34. The summed E-state index contributed by atoms with van der Waals surface area (Å²) in [6, 6.07) is 19.8. The Morgan fingerprint density at radius 2 is 1.56 bits per heavy atom. The van der Waals surface area contributed by atoms with E-state index < -0.39 is 34.3 Å². The van der Waals surface area contributed by atoms with Gasteiger partial charge >= 0.3 is 0 Å². The molecule has 0 unspecified atom stereocenters. The number of anilines is 1. The molecule has 218 valence electrons. The maximum atomic E-state index is 14.2. The van der Waals surface area contributed by atoms with Crippen molar-refractivity contribution in [1.29, 1.82) is 0 Å². The Labute approximate surface area is 242 Å². The Morgan fingerprint density at radius 3 is 2.20 bits per heavy atom. The van der Waals surface area contributed by atoms with Crippen LogP contribution in [0.25, 0.3) is 0 Å². The third-order valence-electron chi connectivity index (χ3n) is 7.66. The van der Waals surface area contributed by atoms with Gasteiger partial charge in [0.2, 0.25) is 11.8 Å². The SMILES string of the molecule is CC[C@H](C(=O)NC1CCCCC1)N(Cc1ccccc1C)C(=O)CN(c1ccccc1)S(=O)(=O)c1ccc(F)cc1. The van der Waals surface area contributed by atoms with Gasteiger partial charge in [0, 0.05) is 12.6 Å². The van der Waals surface area contributed by atoms with E-state index in [1.54, 1.807) is 30.3 Å². The number of benzene rings is 3. The average molecular weight is 580 g/mol. The molecule has 3 aromatic rings. The van der Waals surface area contributed by atoms with Crippen LogP contribution in [0.3, 0.4) is 0 Å². The zero-order valence-corrected chi connectivity index (χ0v) is 24.4. The lowest BCUT2D eigenvalue weighted by molar-refractivity contribution is -0.140. The molecule has 0 bridgehead atoms. The molecule has 2 amide bonds. The van der Waals surface area contributed by atoms with Crippen molar-refractivity contribution in [2.75, 3.05) is 10.8 Å². The van der Waals surface area contributed by atoms with Crippen LogP contribution in [-0.2, 0) is 26.2 Å². The summed E-state index contributed by atoms with van der Waals surface area (Å²) in [5.74, 6) is -1.30. The van der Waals surface area contributed by atoms with Crippen molar-refractivity contribution in [2.45, 2.75) is 75.9 Å². The van der Waals surface area contributed by atoms with E-state index in [-0.39, 0.29) is 23.4 Å². The van der Waals surface area contributed by atoms with Crippen LogP contribution >= 0.6 is 0 Å². The Morgan fingerprint density at radius 1 is 0.927 bits per heavy atom. The van der Waals surface area contributed by atoms with Crippen LogP contribution in [0.2, 0.25) is 0 Å². The van der Waals surface area contributed by atoms with Gasteiger partial charge in [0.15, 0.2) is 0 Å². The first-order valence-electron chi connectivity index (χ1n) is 14.2. The van der Waals surface area contributed by atoms with Gasteiger partial charge < -0.3 is 10.2 Å². The van der Waals surface area contributed by atoms with Crippen LogP contribution in [0.15, 0.2) is 83.8 Å². The molecular formula is C32H38FN3O4S. The predicted molar refractivity (Wildman–Crippen MR) is 158 cm³/mol. The number of carbonyl (C=O) groups excluding carboxylic acids is 2. The topological polar surface area (TPSA) is 86.8 Å². The summed E-state index contributed by atoms with van der Waals surface area (Å²) in [4.78, 5) is 29.1. The molecule has 1 N–H and O–H groups in total. The van der Waals surface area contributed by atoms with Crippen molar-refractivity contribution < 1.29 is 22.4 Å². The summed E-state index contributed by atoms with van der Waals surface area (Å²) in [7, 11) is -4.24. The minimum absolute atomic E-state index is 0.0698. The maximum Gasteiger partial charge on any atom is 0.264 e. The predicted octanol–water partition coefficient (Wildman–Crippen LogP) is 5.59. The maximum absolute atomic E-state index is 14.2. The summed E-state index contributed by atoms with van der Waals surface area (Å²) in [5.41, 5.74) is 2.13. The minimum Gasteiger partial charge on any atom is -0.352 e. The molecule has 1 aliphatic rings. The smallest absolute Gasteiger partial charge is 0.264 e. The average Bonchev–Trinajstić information content (AvgIpc) is 2.97. The fraction of sp³-hybridized carbons (Fsp3) is 0.375. The molecule has 1 aliphatic carbocycles. The Bertz CT molecular complexity index is 1420. The monoisotopic (exact) mass is 579 g/mol. The molecule has 0 saturated heterocycles. The number of carbonyl (C=O) groups is 2. The highest BCUT2D eigenvalue weighted by Gasteiger charge is 2.34. The first-order valence-corrected chi connectivity index (χ1v) is 15.6. The van der Waals surface area contributed by atoms with Gasteiger partial charge in [0.1, 0.15) is 18.4 Å². The van der Waals surface area contributed by atoms with E-state index >= 15 is 0 Å². The van der Waals surface area contributed by atoms with E-state index in [1.165, 1.54) is 17.0 Å². The molecule has 4 rings (SSSR count). The van der Waals surface area contributed by atoms with Crippen LogP contribution < -0.4 is 9.62 Å². The highest BCUT2D eigenvalue weighted by molar-refractivity contribution is 7.92. The normalized spacial score (nSPS) is 14.7. The van der Waals surface area contributed by atoms with Gasteiger partial charge in [0.05, 0.1) is 10.6 Å². The van der Waals surface area contributed by atoms with Crippen LogP contribution in [-0.4, -0.2) is 43.8 Å². The molecule has 0 heterocycles. The van der Waals surface area contributed by atoms with Crippen LogP contribution in [0.5, 0.6) is 0 Å². The summed E-state index contributed by atoms with van der Waals surface area (Å²) < 4.78 is 42.3. The molecule has 1 atom stereocenters. The number of rotatable bonds is 11. The fourth-order valence-electron chi connectivity index (χ4n) is 5.29. The molecule has 0 aromatic heterocycles. The van der Waals surface area contributed by atoms with E-state index in [9.17, 15) is 22.4 Å². The Balaban J connectivity index is 1.69. The van der Waals surface area contributed by atoms with E-state index in [0.717, 1.165) is 59.7 Å². The second-order valence-electron chi connectivity index (χ2n) is 10.5. The zero-order chi connectivity index (χ0) is 29.4. The van der Waals surface area contributed by atoms with Gasteiger partial charge in [-0.25, -0.2) is 12.8 Å². The molecule has 7 nitrogen and oxygen atoms in total. The number of para-hydroxylation sites is 1. The van der Waals surface area contributed by atoms with Crippen molar-refractivity contribution in [3.8, 4) is 0 Å². The van der Waals surface area contributed by atoms with Crippen LogP contribution in [0.4, 0.5) is 10.1 Å². The van der Waals surface area contributed by atoms with Crippen molar-refractivity contribution in [1.82, 2.24) is 10.2 Å². The summed E-state index contributed by atoms with van der Waals surface area (Å²) in [6.07, 6.45) is 5.45. The van der Waals surface area contributed by atoms with Crippen LogP contribution in [0.1, 0.15) is 56.6 Å². The quantitative estimate of drug-likeness (QED) is 0.321. The van der Waals surface area contributed by atoms with Gasteiger partial charge in [-0.2, -0.15) is 0 Å². The van der Waals surface area contributed by atoms with Crippen molar-refractivity contribution in [3.63, 3.8) is 0 Å². The number of nitrogens with zero attached hydrogens (tertiary/aromatic N) is 2. The third kappa shape index (κ3) is 7.52. The van der Waals surface area contributed by atoms with Crippen molar-refractivity contribution in [3.05, 3.63) is 95.8 Å². The highest BCUT2D eigenvalue weighted by Crippen LogP contribution is 2.25. The first kappa shape index (κ1) is 30.2. The second-order valence-corrected chi connectivity index (χ2v) is 12.4. The molecule has 1 fully saturated rings. The van der Waals surface area contributed by atoms with Crippen molar-refractivity contribution in [2.24, 2.45) is 0 Å². The van der Waals surface area contributed by atoms with Crippen LogP contribution in [0, 0.1) is 12.7 Å². The number of aryl methyl sites for hydroxylation is 1. The van der Waals surface area contributed by atoms with E-state index in [1.807, 2.05) is 38.1 Å². The fourth-order valence-corrected chi connectivity index (χ4v) is 6.71. The summed E-state index contributed by atoms with van der Waals surface area (Å²) in [6.45, 7) is 3.42. The molecule has 9 heteroatoms.